The Balaban J connectivity index is 1.94. The molecule has 1 heterocycles. The molecule has 0 unspecified atom stereocenters. The Morgan fingerprint density at radius 3 is 2.28 bits per heavy atom. The zero-order chi connectivity index (χ0) is 13.0. The van der Waals surface area contributed by atoms with Crippen molar-refractivity contribution in [2.45, 2.75) is 33.9 Å². The molecule has 0 saturated heterocycles. The van der Waals surface area contributed by atoms with E-state index in [1.165, 1.54) is 16.7 Å². The van der Waals surface area contributed by atoms with E-state index < -0.39 is 0 Å². The fraction of sp³-hybridized carbons (Fsp3) is 0.333. The van der Waals surface area contributed by atoms with Crippen LogP contribution in [0.1, 0.15) is 28.1 Å². The van der Waals surface area contributed by atoms with Gasteiger partial charge in [0.05, 0.1) is 11.4 Å². The standard InChI is InChI=1S/C15H19N3/c1-11-5-4-6-12(2)15(11)10-16-8-14-9-17-13(3)7-18-14/h4-7,9,16H,8,10H2,1-3H3. The first kappa shape index (κ1) is 12.7. The second-order valence-corrected chi connectivity index (χ2v) is 4.62. The first-order valence-electron chi connectivity index (χ1n) is 6.20. The van der Waals surface area contributed by atoms with Crippen molar-refractivity contribution in [3.05, 3.63) is 58.7 Å². The predicted molar refractivity (Wildman–Crippen MR) is 73.2 cm³/mol. The highest BCUT2D eigenvalue weighted by Crippen LogP contribution is 2.12. The normalized spacial score (nSPS) is 10.6. The number of nitrogens with one attached hydrogen (secondary N) is 1. The van der Waals surface area contributed by atoms with Gasteiger partial charge >= 0.3 is 0 Å². The molecule has 0 saturated carbocycles. The fourth-order valence-electron chi connectivity index (χ4n) is 1.95. The van der Waals surface area contributed by atoms with Crippen LogP contribution in [-0.4, -0.2) is 9.97 Å². The molecule has 3 nitrogen and oxygen atoms in total. The number of hydrogen-bond acceptors (Lipinski definition) is 3. The maximum atomic E-state index is 4.33. The number of benzene rings is 1. The SMILES string of the molecule is Cc1cnc(CNCc2c(C)cccc2C)cn1. The third-order valence-electron chi connectivity index (χ3n) is 3.09. The second-order valence-electron chi connectivity index (χ2n) is 4.62. The van der Waals surface area contributed by atoms with Gasteiger partial charge in [-0.05, 0) is 37.5 Å². The summed E-state index contributed by atoms with van der Waals surface area (Å²) in [6.45, 7) is 7.86. The first-order chi connectivity index (χ1) is 8.66. The number of aryl methyl sites for hydroxylation is 3. The largest absolute Gasteiger partial charge is 0.307 e. The molecule has 18 heavy (non-hydrogen) atoms. The molecule has 0 aliphatic heterocycles. The van der Waals surface area contributed by atoms with Crippen LogP contribution >= 0.6 is 0 Å². The summed E-state index contributed by atoms with van der Waals surface area (Å²) in [6.07, 6.45) is 3.63. The van der Waals surface area contributed by atoms with Gasteiger partial charge in [0, 0.05) is 25.5 Å². The summed E-state index contributed by atoms with van der Waals surface area (Å²) < 4.78 is 0. The maximum absolute atomic E-state index is 4.33. The summed E-state index contributed by atoms with van der Waals surface area (Å²) in [5.41, 5.74) is 5.97. The highest BCUT2D eigenvalue weighted by atomic mass is 14.9. The molecule has 0 spiro atoms. The van der Waals surface area contributed by atoms with Gasteiger partial charge in [0.25, 0.3) is 0 Å². The van der Waals surface area contributed by atoms with E-state index in [4.69, 9.17) is 0 Å². The molecule has 0 bridgehead atoms. The Morgan fingerprint density at radius 1 is 0.944 bits per heavy atom. The summed E-state index contributed by atoms with van der Waals surface area (Å²) in [6, 6.07) is 6.39. The first-order valence-corrected chi connectivity index (χ1v) is 6.20. The van der Waals surface area contributed by atoms with Gasteiger partial charge in [-0.15, -0.1) is 0 Å². The molecular weight excluding hydrogens is 222 g/mol. The van der Waals surface area contributed by atoms with Crippen molar-refractivity contribution in [1.82, 2.24) is 15.3 Å². The van der Waals surface area contributed by atoms with Gasteiger partial charge in [0.2, 0.25) is 0 Å². The lowest BCUT2D eigenvalue weighted by Gasteiger charge is -2.10. The molecule has 1 N–H and O–H groups in total. The Bertz CT molecular complexity index is 498. The smallest absolute Gasteiger partial charge is 0.0724 e. The maximum Gasteiger partial charge on any atom is 0.0724 e. The van der Waals surface area contributed by atoms with Crippen molar-refractivity contribution >= 4 is 0 Å². The van der Waals surface area contributed by atoms with Crippen LogP contribution in [0.2, 0.25) is 0 Å². The molecular formula is C15H19N3. The van der Waals surface area contributed by atoms with Crippen molar-refractivity contribution in [2.75, 3.05) is 0 Å². The van der Waals surface area contributed by atoms with Crippen LogP contribution < -0.4 is 5.32 Å². The molecule has 0 fully saturated rings. The molecule has 0 aliphatic rings. The molecule has 2 rings (SSSR count). The molecule has 0 aliphatic carbocycles. The average molecular weight is 241 g/mol. The minimum Gasteiger partial charge on any atom is -0.307 e. The van der Waals surface area contributed by atoms with Crippen molar-refractivity contribution < 1.29 is 0 Å². The van der Waals surface area contributed by atoms with Gasteiger partial charge in [-0.2, -0.15) is 0 Å². The summed E-state index contributed by atoms with van der Waals surface area (Å²) >= 11 is 0. The van der Waals surface area contributed by atoms with E-state index in [1.54, 1.807) is 6.20 Å². The topological polar surface area (TPSA) is 37.8 Å². The van der Waals surface area contributed by atoms with Gasteiger partial charge in [0.1, 0.15) is 0 Å². The lowest BCUT2D eigenvalue weighted by atomic mass is 10.0. The molecule has 0 amide bonds. The predicted octanol–water partition coefficient (Wildman–Crippen LogP) is 2.69. The molecule has 1 aromatic heterocycles. The number of nitrogens with zero attached hydrogens (tertiary/aromatic N) is 2. The number of rotatable bonds is 4. The van der Waals surface area contributed by atoms with E-state index in [0.29, 0.717) is 0 Å². The van der Waals surface area contributed by atoms with Gasteiger partial charge < -0.3 is 5.32 Å². The van der Waals surface area contributed by atoms with E-state index in [0.717, 1.165) is 24.5 Å². The second kappa shape index (κ2) is 5.74. The van der Waals surface area contributed by atoms with Crippen LogP contribution in [0.25, 0.3) is 0 Å². The summed E-state index contributed by atoms with van der Waals surface area (Å²) in [5, 5.41) is 3.42. The van der Waals surface area contributed by atoms with Crippen LogP contribution in [0, 0.1) is 20.8 Å². The monoisotopic (exact) mass is 241 g/mol. The molecule has 0 radical (unpaired) electrons. The van der Waals surface area contributed by atoms with Crippen LogP contribution in [-0.2, 0) is 13.1 Å². The van der Waals surface area contributed by atoms with E-state index in [9.17, 15) is 0 Å². The Labute approximate surface area is 108 Å². The molecule has 2 aromatic rings. The van der Waals surface area contributed by atoms with Crippen molar-refractivity contribution in [2.24, 2.45) is 0 Å². The summed E-state index contributed by atoms with van der Waals surface area (Å²) in [5.74, 6) is 0. The van der Waals surface area contributed by atoms with Crippen LogP contribution in [0.3, 0.4) is 0 Å². The lowest BCUT2D eigenvalue weighted by Crippen LogP contribution is -2.15. The van der Waals surface area contributed by atoms with Crippen molar-refractivity contribution in [1.29, 1.82) is 0 Å². The fourth-order valence-corrected chi connectivity index (χ4v) is 1.95. The van der Waals surface area contributed by atoms with E-state index >= 15 is 0 Å². The van der Waals surface area contributed by atoms with Crippen LogP contribution in [0.5, 0.6) is 0 Å². The van der Waals surface area contributed by atoms with Gasteiger partial charge in [-0.25, -0.2) is 0 Å². The third kappa shape index (κ3) is 3.14. The molecule has 1 aromatic carbocycles. The van der Waals surface area contributed by atoms with Gasteiger partial charge in [-0.1, -0.05) is 18.2 Å². The summed E-state index contributed by atoms with van der Waals surface area (Å²) in [7, 11) is 0. The van der Waals surface area contributed by atoms with Crippen LogP contribution in [0.4, 0.5) is 0 Å². The molecule has 3 heteroatoms. The minimum atomic E-state index is 0.751. The van der Waals surface area contributed by atoms with Crippen molar-refractivity contribution in [3.8, 4) is 0 Å². The van der Waals surface area contributed by atoms with E-state index in [1.807, 2.05) is 13.1 Å². The van der Waals surface area contributed by atoms with E-state index in [2.05, 4.69) is 47.3 Å². The Kier molecular flexibility index (Phi) is 4.05. The third-order valence-corrected chi connectivity index (χ3v) is 3.09. The van der Waals surface area contributed by atoms with Crippen LogP contribution in [0.15, 0.2) is 30.6 Å². The van der Waals surface area contributed by atoms with Crippen molar-refractivity contribution in [3.63, 3.8) is 0 Å². The zero-order valence-electron chi connectivity index (χ0n) is 11.2. The summed E-state index contributed by atoms with van der Waals surface area (Å²) in [4.78, 5) is 8.57. The quantitative estimate of drug-likeness (QED) is 0.894. The molecule has 94 valence electrons. The van der Waals surface area contributed by atoms with Gasteiger partial charge in [0.15, 0.2) is 0 Å². The zero-order valence-corrected chi connectivity index (χ0v) is 11.2. The van der Waals surface area contributed by atoms with Gasteiger partial charge in [-0.3, -0.25) is 9.97 Å². The Hall–Kier alpha value is -1.74. The lowest BCUT2D eigenvalue weighted by molar-refractivity contribution is 0.671. The highest BCUT2D eigenvalue weighted by molar-refractivity contribution is 5.33. The number of aromatic nitrogens is 2. The molecule has 0 atom stereocenters. The Morgan fingerprint density at radius 2 is 1.67 bits per heavy atom. The minimum absolute atomic E-state index is 0.751. The van der Waals surface area contributed by atoms with E-state index in [-0.39, 0.29) is 0 Å². The average Bonchev–Trinajstić information content (AvgIpc) is 2.35. The highest BCUT2D eigenvalue weighted by Gasteiger charge is 2.02. The number of hydrogen-bond donors (Lipinski definition) is 1.